The van der Waals surface area contributed by atoms with Crippen LogP contribution in [-0.4, -0.2) is 0 Å². The van der Waals surface area contributed by atoms with Gasteiger partial charge in [-0.25, -0.2) is 0 Å². The molecule has 2 aromatic rings. The number of hydrogen-bond donors (Lipinski definition) is 0. The van der Waals surface area contributed by atoms with Gasteiger partial charge in [-0.05, 0) is 0 Å². The van der Waals surface area contributed by atoms with Crippen LogP contribution in [0.15, 0.2) is 59.7 Å². The number of benzene rings is 2. The minimum absolute atomic E-state index is 0. The average molecular weight is 620 g/mol. The molecule has 2 fully saturated rings. The van der Waals surface area contributed by atoms with Crippen molar-refractivity contribution in [2.75, 3.05) is 0 Å². The van der Waals surface area contributed by atoms with Crippen LogP contribution in [0.5, 0.6) is 0 Å². The maximum absolute atomic E-state index is 2.79. The van der Waals surface area contributed by atoms with Gasteiger partial charge in [-0.2, -0.15) is 0 Å². The fraction of sp³-hybridized carbons (Fsp3) is 0.429. The largest absolute Gasteiger partial charge is 0.147 e. The maximum atomic E-state index is 2.60. The summed E-state index contributed by atoms with van der Waals surface area (Å²) in [4.78, 5) is 0. The second-order valence-corrected chi connectivity index (χ2v) is 26.4. The Hall–Kier alpha value is -0.630. The molecule has 6 rings (SSSR count). The summed E-state index contributed by atoms with van der Waals surface area (Å²) in [5, 5.41) is 0. The van der Waals surface area contributed by atoms with Gasteiger partial charge in [0.05, 0.1) is 0 Å². The minimum Gasteiger partial charge on any atom is -0.147 e. The number of halogens is 2. The number of allylic oxidation sites excluding steroid dienone is 2. The first-order valence-electron chi connectivity index (χ1n) is 11.9. The molecular formula is C28H34Cl2Hf. The zero-order chi connectivity index (χ0) is 19.6. The molecule has 0 aromatic heterocycles. The van der Waals surface area contributed by atoms with E-state index >= 15 is 0 Å². The van der Waals surface area contributed by atoms with E-state index in [4.69, 9.17) is 0 Å². The van der Waals surface area contributed by atoms with Crippen molar-refractivity contribution in [1.82, 2.24) is 0 Å². The molecule has 164 valence electrons. The Balaban J connectivity index is 0.00000116. The van der Waals surface area contributed by atoms with Gasteiger partial charge in [-0.15, -0.1) is 24.8 Å². The van der Waals surface area contributed by atoms with Gasteiger partial charge in [0.2, 0.25) is 0 Å². The van der Waals surface area contributed by atoms with Crippen LogP contribution >= 0.6 is 24.8 Å². The van der Waals surface area contributed by atoms with E-state index in [2.05, 4.69) is 74.5 Å². The van der Waals surface area contributed by atoms with Crippen LogP contribution in [0.4, 0.5) is 0 Å². The predicted octanol–water partition coefficient (Wildman–Crippen LogP) is 9.25. The van der Waals surface area contributed by atoms with Crippen LogP contribution in [0.1, 0.15) is 82.0 Å². The maximum Gasteiger partial charge on any atom is -0.147 e. The van der Waals surface area contributed by atoms with Gasteiger partial charge in [-0.1, -0.05) is 0 Å². The molecule has 1 heterocycles. The van der Waals surface area contributed by atoms with E-state index in [1.807, 2.05) is 0 Å². The molecule has 0 bridgehead atoms. The fourth-order valence-corrected chi connectivity index (χ4v) is 43.7. The van der Waals surface area contributed by atoms with E-state index in [1.54, 1.807) is 33.4 Å². The molecule has 0 radical (unpaired) electrons. The number of hydrogen-bond acceptors (Lipinski definition) is 0. The summed E-state index contributed by atoms with van der Waals surface area (Å²) >= 11 is -2.79. The zero-order valence-electron chi connectivity index (χ0n) is 18.6. The molecule has 0 spiro atoms. The van der Waals surface area contributed by atoms with Crippen LogP contribution < -0.4 is 0 Å². The van der Waals surface area contributed by atoms with Gasteiger partial charge < -0.3 is 0 Å². The Morgan fingerprint density at radius 2 is 1.10 bits per heavy atom. The second-order valence-electron chi connectivity index (χ2n) is 9.77. The first-order chi connectivity index (χ1) is 14.3. The summed E-state index contributed by atoms with van der Waals surface area (Å²) in [6.45, 7) is 4.83. The van der Waals surface area contributed by atoms with Crippen molar-refractivity contribution >= 4 is 37.0 Å². The summed E-state index contributed by atoms with van der Waals surface area (Å²) in [5.41, 5.74) is 10.1. The third-order valence-electron chi connectivity index (χ3n) is 8.80. The van der Waals surface area contributed by atoms with Gasteiger partial charge in [0, 0.05) is 0 Å². The van der Waals surface area contributed by atoms with Gasteiger partial charge in [0.1, 0.15) is 0 Å². The summed E-state index contributed by atoms with van der Waals surface area (Å²) in [6, 6.07) is 18.9. The van der Waals surface area contributed by atoms with E-state index < -0.39 is 20.0 Å². The summed E-state index contributed by atoms with van der Waals surface area (Å²) in [5.74, 6) is 0. The minimum atomic E-state index is -2.79. The van der Waals surface area contributed by atoms with E-state index in [1.165, 1.54) is 38.5 Å². The molecule has 1 saturated heterocycles. The second kappa shape index (κ2) is 8.96. The smallest absolute Gasteiger partial charge is 0.147 e. The Morgan fingerprint density at radius 3 is 1.52 bits per heavy atom. The Bertz CT molecular complexity index is 953. The monoisotopic (exact) mass is 620 g/mol. The Labute approximate surface area is 204 Å². The molecule has 4 aliphatic rings. The van der Waals surface area contributed by atoms with Crippen LogP contribution in [0, 0.1) is 0 Å². The molecule has 0 N–H and O–H groups in total. The standard InChI is InChI=1S/2C11H11.C6H10.2ClH.Hf/c2*1-2-9-7-10-5-3-4-6-11(10)8-9;1-2-4-6-5-3-1;;;/h2*3-8H,2H2,1H3;1-2H,3-6H2;2*1H;. The van der Waals surface area contributed by atoms with Crippen LogP contribution in [-0.2, 0) is 20.0 Å². The molecule has 3 heteroatoms. The van der Waals surface area contributed by atoms with E-state index in [-0.39, 0.29) is 24.8 Å². The predicted molar refractivity (Wildman–Crippen MR) is 135 cm³/mol. The van der Waals surface area contributed by atoms with Crippen molar-refractivity contribution in [3.05, 3.63) is 81.9 Å². The third-order valence-corrected chi connectivity index (χ3v) is 33.7. The molecule has 2 aromatic carbocycles. The van der Waals surface area contributed by atoms with Crippen molar-refractivity contribution in [3.8, 4) is 0 Å². The first kappa shape index (κ1) is 23.5. The van der Waals surface area contributed by atoms with E-state index in [0.29, 0.717) is 0 Å². The van der Waals surface area contributed by atoms with Gasteiger partial charge >= 0.3 is 181 Å². The Kier molecular flexibility index (Phi) is 6.80. The summed E-state index contributed by atoms with van der Waals surface area (Å²) in [7, 11) is 0. The van der Waals surface area contributed by atoms with Crippen molar-refractivity contribution in [2.24, 2.45) is 0 Å². The topological polar surface area (TPSA) is 0 Å². The van der Waals surface area contributed by atoms with Gasteiger partial charge in [0.15, 0.2) is 0 Å². The van der Waals surface area contributed by atoms with Crippen molar-refractivity contribution in [2.45, 2.75) is 67.1 Å². The molecule has 1 saturated carbocycles. The molecule has 4 unspecified atom stereocenters. The van der Waals surface area contributed by atoms with Gasteiger partial charge in [0.25, 0.3) is 0 Å². The third kappa shape index (κ3) is 3.24. The normalized spacial score (nSPS) is 31.9. The van der Waals surface area contributed by atoms with Crippen LogP contribution in [0.25, 0.3) is 12.2 Å². The van der Waals surface area contributed by atoms with Crippen molar-refractivity contribution in [3.63, 3.8) is 0 Å². The molecule has 0 amide bonds. The van der Waals surface area contributed by atoms with Crippen LogP contribution in [0.2, 0.25) is 7.35 Å². The quantitative estimate of drug-likeness (QED) is 0.299. The van der Waals surface area contributed by atoms with Crippen molar-refractivity contribution < 1.29 is 20.0 Å². The number of rotatable bonds is 4. The van der Waals surface area contributed by atoms with Gasteiger partial charge in [-0.3, -0.25) is 0 Å². The summed E-state index contributed by atoms with van der Waals surface area (Å²) in [6.07, 6.45) is 13.7. The summed E-state index contributed by atoms with van der Waals surface area (Å²) < 4.78 is 3.91. The molecule has 4 atom stereocenters. The van der Waals surface area contributed by atoms with Crippen molar-refractivity contribution in [1.29, 1.82) is 0 Å². The van der Waals surface area contributed by atoms with E-state index in [0.717, 1.165) is 14.7 Å². The zero-order valence-corrected chi connectivity index (χ0v) is 23.9. The molecule has 3 aliphatic carbocycles. The molecule has 0 nitrogen and oxygen atoms in total. The first-order valence-corrected chi connectivity index (χ1v) is 20.2. The van der Waals surface area contributed by atoms with E-state index in [9.17, 15) is 0 Å². The fourth-order valence-electron chi connectivity index (χ4n) is 7.81. The molecular weight excluding hydrogens is 586 g/mol. The van der Waals surface area contributed by atoms with Crippen LogP contribution in [0.3, 0.4) is 0 Å². The molecule has 31 heavy (non-hydrogen) atoms. The SMILES string of the molecule is CCC1=Cc2ccccc2[CH]1[Hf]1([CH]2C(CC)=Cc3ccccc32)[CH]2CCCC[CH]21.Cl.Cl. The average Bonchev–Trinajstić information content (AvgIpc) is 3.09. The molecule has 1 aliphatic heterocycles. The number of fused-ring (bicyclic) bond motifs is 3. The Morgan fingerprint density at radius 1 is 0.677 bits per heavy atom.